The number of thiophene rings is 1. The number of thioether (sulfide) groups is 1. The lowest BCUT2D eigenvalue weighted by atomic mass is 9.89. The first kappa shape index (κ1) is 20.0. The summed E-state index contributed by atoms with van der Waals surface area (Å²) in [6.07, 6.45) is 3.32. The minimum atomic E-state index is -0.0700. The second-order valence-corrected chi connectivity index (χ2v) is 9.37. The first-order valence-electron chi connectivity index (χ1n) is 9.63. The topological polar surface area (TPSA) is 90.1 Å². The Morgan fingerprint density at radius 2 is 2.28 bits per heavy atom. The summed E-state index contributed by atoms with van der Waals surface area (Å²) in [5.41, 5.74) is 8.57. The minimum absolute atomic E-state index is 0.0700. The highest BCUT2D eigenvalue weighted by Gasteiger charge is 2.23. The zero-order valence-electron chi connectivity index (χ0n) is 16.5. The molecule has 6 nitrogen and oxygen atoms in total. The Morgan fingerprint density at radius 3 is 3.10 bits per heavy atom. The largest absolute Gasteiger partial charge is 0.497 e. The molecule has 3 N–H and O–H groups in total. The zero-order chi connectivity index (χ0) is 20.4. The standard InChI is InChI=1S/C21H24N4O2S2/c1-12-6-7-15-16(8-12)29-20-18(15)19(22)24-21(25-20)28-11-17(26)23-10-13-4-3-5-14(9-13)27-2/h3-5,9,12H,6-8,10-11H2,1-2H3,(H,23,26)(H2,22,24,25). The van der Waals surface area contributed by atoms with Gasteiger partial charge in [-0.15, -0.1) is 11.3 Å². The smallest absolute Gasteiger partial charge is 0.230 e. The van der Waals surface area contributed by atoms with Crippen molar-refractivity contribution in [1.29, 1.82) is 0 Å². The number of hydrogen-bond acceptors (Lipinski definition) is 7. The van der Waals surface area contributed by atoms with Crippen molar-refractivity contribution in [3.05, 3.63) is 40.3 Å². The Labute approximate surface area is 178 Å². The van der Waals surface area contributed by atoms with Gasteiger partial charge in [-0.05, 0) is 48.4 Å². The van der Waals surface area contributed by atoms with Crippen LogP contribution in [-0.4, -0.2) is 28.7 Å². The van der Waals surface area contributed by atoms with Crippen molar-refractivity contribution in [3.63, 3.8) is 0 Å². The molecule has 0 radical (unpaired) electrons. The molecule has 1 aliphatic carbocycles. The monoisotopic (exact) mass is 428 g/mol. The number of ether oxygens (including phenoxy) is 1. The molecule has 1 unspecified atom stereocenters. The SMILES string of the molecule is COc1cccc(CNC(=O)CSc2nc(N)c3c4c(sc3n2)CC(C)CC4)c1. The maximum Gasteiger partial charge on any atom is 0.230 e. The Balaban J connectivity index is 1.39. The van der Waals surface area contributed by atoms with Crippen molar-refractivity contribution in [2.45, 2.75) is 37.9 Å². The number of nitrogen functional groups attached to an aromatic ring is 1. The molecule has 0 spiro atoms. The number of anilines is 1. The van der Waals surface area contributed by atoms with Crippen LogP contribution in [0.3, 0.4) is 0 Å². The third-order valence-corrected chi connectivity index (χ3v) is 7.11. The molecule has 1 amide bonds. The Bertz CT molecular complexity index is 1050. The minimum Gasteiger partial charge on any atom is -0.497 e. The fourth-order valence-corrected chi connectivity index (χ4v) is 5.71. The Hall–Kier alpha value is -2.32. The molecule has 0 fully saturated rings. The molecule has 152 valence electrons. The fourth-order valence-electron chi connectivity index (χ4n) is 3.58. The summed E-state index contributed by atoms with van der Waals surface area (Å²) in [6, 6.07) is 7.64. The van der Waals surface area contributed by atoms with Gasteiger partial charge in [0.15, 0.2) is 5.16 Å². The summed E-state index contributed by atoms with van der Waals surface area (Å²) in [4.78, 5) is 23.7. The molecule has 0 saturated heterocycles. The van der Waals surface area contributed by atoms with Gasteiger partial charge in [0, 0.05) is 11.4 Å². The van der Waals surface area contributed by atoms with E-state index in [1.807, 2.05) is 24.3 Å². The van der Waals surface area contributed by atoms with E-state index in [1.165, 1.54) is 28.6 Å². The number of aromatic nitrogens is 2. The average Bonchev–Trinajstić information content (AvgIpc) is 3.08. The maximum absolute atomic E-state index is 12.2. The van der Waals surface area contributed by atoms with E-state index in [2.05, 4.69) is 22.2 Å². The number of amides is 1. The molecular formula is C21H24N4O2S2. The van der Waals surface area contributed by atoms with Crippen LogP contribution in [0.5, 0.6) is 5.75 Å². The van der Waals surface area contributed by atoms with Crippen LogP contribution in [0.15, 0.2) is 29.4 Å². The fraction of sp³-hybridized carbons (Fsp3) is 0.381. The summed E-state index contributed by atoms with van der Waals surface area (Å²) in [5.74, 6) is 2.18. The van der Waals surface area contributed by atoms with Gasteiger partial charge in [-0.3, -0.25) is 4.79 Å². The van der Waals surface area contributed by atoms with Crippen LogP contribution < -0.4 is 15.8 Å². The molecular weight excluding hydrogens is 404 g/mol. The van der Waals surface area contributed by atoms with Gasteiger partial charge >= 0.3 is 0 Å². The van der Waals surface area contributed by atoms with E-state index in [1.54, 1.807) is 18.4 Å². The predicted octanol–water partition coefficient (Wildman–Crippen LogP) is 3.82. The maximum atomic E-state index is 12.2. The first-order valence-corrected chi connectivity index (χ1v) is 11.4. The lowest BCUT2D eigenvalue weighted by Gasteiger charge is -2.17. The lowest BCUT2D eigenvalue weighted by molar-refractivity contribution is -0.118. The number of fused-ring (bicyclic) bond motifs is 3. The second-order valence-electron chi connectivity index (χ2n) is 7.34. The van der Waals surface area contributed by atoms with Gasteiger partial charge in [0.2, 0.25) is 5.91 Å². The highest BCUT2D eigenvalue weighted by molar-refractivity contribution is 7.99. The number of carbonyl (C=O) groups is 1. The van der Waals surface area contributed by atoms with Gasteiger partial charge in [0.1, 0.15) is 16.4 Å². The van der Waals surface area contributed by atoms with Gasteiger partial charge in [-0.2, -0.15) is 0 Å². The van der Waals surface area contributed by atoms with Gasteiger partial charge in [0.25, 0.3) is 0 Å². The number of aryl methyl sites for hydroxylation is 1. The van der Waals surface area contributed by atoms with Crippen LogP contribution in [0, 0.1) is 5.92 Å². The number of hydrogen-bond donors (Lipinski definition) is 2. The molecule has 0 bridgehead atoms. The molecule has 1 aromatic carbocycles. The van der Waals surface area contributed by atoms with Gasteiger partial charge < -0.3 is 15.8 Å². The third-order valence-electron chi connectivity index (χ3n) is 5.12. The predicted molar refractivity (Wildman–Crippen MR) is 119 cm³/mol. The molecule has 1 aliphatic rings. The number of methoxy groups -OCH3 is 1. The highest BCUT2D eigenvalue weighted by atomic mass is 32.2. The summed E-state index contributed by atoms with van der Waals surface area (Å²) >= 11 is 3.03. The number of carbonyl (C=O) groups excluding carboxylic acids is 1. The van der Waals surface area contributed by atoms with E-state index in [-0.39, 0.29) is 11.7 Å². The van der Waals surface area contributed by atoms with Crippen LogP contribution in [0.25, 0.3) is 10.2 Å². The van der Waals surface area contributed by atoms with E-state index in [9.17, 15) is 4.79 Å². The van der Waals surface area contributed by atoms with Crippen molar-refractivity contribution in [3.8, 4) is 5.75 Å². The van der Waals surface area contributed by atoms with E-state index >= 15 is 0 Å². The summed E-state index contributed by atoms with van der Waals surface area (Å²) in [6.45, 7) is 2.74. The van der Waals surface area contributed by atoms with E-state index in [0.29, 0.717) is 23.4 Å². The summed E-state index contributed by atoms with van der Waals surface area (Å²) in [7, 11) is 1.63. The van der Waals surface area contributed by atoms with Crippen LogP contribution >= 0.6 is 23.1 Å². The van der Waals surface area contributed by atoms with Crippen molar-refractivity contribution in [2.75, 3.05) is 18.6 Å². The summed E-state index contributed by atoms with van der Waals surface area (Å²) < 4.78 is 5.21. The van der Waals surface area contributed by atoms with Gasteiger partial charge in [0.05, 0.1) is 18.2 Å². The molecule has 0 aliphatic heterocycles. The molecule has 4 rings (SSSR count). The number of nitrogens with zero attached hydrogens (tertiary/aromatic N) is 2. The van der Waals surface area contributed by atoms with E-state index in [0.717, 1.165) is 34.4 Å². The molecule has 2 aromatic heterocycles. The van der Waals surface area contributed by atoms with Crippen LogP contribution in [0.1, 0.15) is 29.3 Å². The van der Waals surface area contributed by atoms with Crippen molar-refractivity contribution in [1.82, 2.24) is 15.3 Å². The second kappa shape index (κ2) is 8.59. The third kappa shape index (κ3) is 4.48. The van der Waals surface area contributed by atoms with Crippen LogP contribution in [-0.2, 0) is 24.2 Å². The van der Waals surface area contributed by atoms with Gasteiger partial charge in [-0.1, -0.05) is 30.8 Å². The average molecular weight is 429 g/mol. The lowest BCUT2D eigenvalue weighted by Crippen LogP contribution is -2.24. The van der Waals surface area contributed by atoms with Crippen LogP contribution in [0.4, 0.5) is 5.82 Å². The van der Waals surface area contributed by atoms with Gasteiger partial charge in [-0.25, -0.2) is 9.97 Å². The Kier molecular flexibility index (Phi) is 5.91. The van der Waals surface area contributed by atoms with Crippen molar-refractivity contribution >= 4 is 45.0 Å². The van der Waals surface area contributed by atoms with E-state index in [4.69, 9.17) is 10.5 Å². The van der Waals surface area contributed by atoms with Crippen LogP contribution in [0.2, 0.25) is 0 Å². The molecule has 8 heteroatoms. The first-order chi connectivity index (χ1) is 14.0. The normalized spacial score (nSPS) is 15.9. The molecule has 3 aromatic rings. The number of nitrogens with one attached hydrogen (secondary N) is 1. The molecule has 2 heterocycles. The number of benzene rings is 1. The van der Waals surface area contributed by atoms with Crippen molar-refractivity contribution < 1.29 is 9.53 Å². The Morgan fingerprint density at radius 1 is 1.41 bits per heavy atom. The summed E-state index contributed by atoms with van der Waals surface area (Å²) in [5, 5.41) is 4.49. The molecule has 1 atom stereocenters. The highest BCUT2D eigenvalue weighted by Crippen LogP contribution is 2.39. The number of rotatable bonds is 6. The van der Waals surface area contributed by atoms with E-state index < -0.39 is 0 Å². The molecule has 29 heavy (non-hydrogen) atoms. The zero-order valence-corrected chi connectivity index (χ0v) is 18.2. The molecule has 0 saturated carbocycles. The number of nitrogens with two attached hydrogens (primary N) is 1. The quantitative estimate of drug-likeness (QED) is 0.458. The van der Waals surface area contributed by atoms with Crippen molar-refractivity contribution in [2.24, 2.45) is 5.92 Å².